The molecule has 0 aliphatic rings. The monoisotopic (exact) mass is 218 g/mol. The standard InChI is InChI=1S/C12H10O4/c1-16-11-5-4-9(8-12(14)15)7-10(11)3-2-6-13/h4-7H,8H2,1H3,(H,14,15). The number of hydrogen-bond acceptors (Lipinski definition) is 3. The molecule has 0 aliphatic heterocycles. The summed E-state index contributed by atoms with van der Waals surface area (Å²) in [6.07, 6.45) is 0.392. The molecule has 0 bridgehead atoms. The number of carbonyl (C=O) groups is 2. The van der Waals surface area contributed by atoms with Gasteiger partial charge in [-0.05, 0) is 23.6 Å². The molecule has 0 aromatic heterocycles. The van der Waals surface area contributed by atoms with Gasteiger partial charge in [-0.25, -0.2) is 0 Å². The first-order valence-corrected chi connectivity index (χ1v) is 4.51. The van der Waals surface area contributed by atoms with Gasteiger partial charge >= 0.3 is 5.97 Å². The number of carboxylic acids is 1. The second-order valence-electron chi connectivity index (χ2n) is 2.99. The van der Waals surface area contributed by atoms with E-state index in [1.54, 1.807) is 18.2 Å². The van der Waals surface area contributed by atoms with Crippen LogP contribution in [0.4, 0.5) is 0 Å². The normalized spacial score (nSPS) is 8.81. The second kappa shape index (κ2) is 5.56. The maximum Gasteiger partial charge on any atom is 0.307 e. The molecule has 0 amide bonds. The topological polar surface area (TPSA) is 63.6 Å². The maximum absolute atomic E-state index is 10.5. The van der Waals surface area contributed by atoms with Gasteiger partial charge in [-0.1, -0.05) is 12.0 Å². The molecule has 4 nitrogen and oxygen atoms in total. The minimum Gasteiger partial charge on any atom is -0.495 e. The Bertz CT molecular complexity index is 466. The average Bonchev–Trinajstić information content (AvgIpc) is 2.25. The minimum atomic E-state index is -0.917. The summed E-state index contributed by atoms with van der Waals surface area (Å²) in [4.78, 5) is 20.7. The van der Waals surface area contributed by atoms with E-state index in [-0.39, 0.29) is 6.42 Å². The van der Waals surface area contributed by atoms with Gasteiger partial charge in [-0.3, -0.25) is 9.59 Å². The average molecular weight is 218 g/mol. The SMILES string of the molecule is COc1ccc(CC(=O)O)cc1C#CC=O. The zero-order valence-corrected chi connectivity index (χ0v) is 8.69. The van der Waals surface area contributed by atoms with Gasteiger partial charge in [0.1, 0.15) is 5.75 Å². The molecule has 1 N–H and O–H groups in total. The maximum atomic E-state index is 10.5. The molecule has 0 saturated heterocycles. The van der Waals surface area contributed by atoms with Gasteiger partial charge in [-0.2, -0.15) is 0 Å². The third-order valence-corrected chi connectivity index (χ3v) is 1.89. The van der Waals surface area contributed by atoms with Crippen molar-refractivity contribution >= 4 is 12.3 Å². The van der Waals surface area contributed by atoms with Crippen molar-refractivity contribution in [3.63, 3.8) is 0 Å². The number of carbonyl (C=O) groups excluding carboxylic acids is 1. The van der Waals surface area contributed by atoms with Gasteiger partial charge in [0.05, 0.1) is 19.1 Å². The van der Waals surface area contributed by atoms with Crippen molar-refractivity contribution in [2.24, 2.45) is 0 Å². The summed E-state index contributed by atoms with van der Waals surface area (Å²) in [5, 5.41) is 8.64. The number of carboxylic acid groups (broad SMARTS) is 1. The lowest BCUT2D eigenvalue weighted by Crippen LogP contribution is -2.00. The first kappa shape index (κ1) is 11.8. The van der Waals surface area contributed by atoms with Gasteiger partial charge in [-0.15, -0.1) is 0 Å². The lowest BCUT2D eigenvalue weighted by molar-refractivity contribution is -0.136. The van der Waals surface area contributed by atoms with Crippen LogP contribution in [0.3, 0.4) is 0 Å². The van der Waals surface area contributed by atoms with Crippen LogP contribution in [0, 0.1) is 11.8 Å². The number of aldehydes is 1. The molecule has 0 fully saturated rings. The van der Waals surface area contributed by atoms with E-state index in [1.807, 2.05) is 0 Å². The predicted octanol–water partition coefficient (Wildman–Crippen LogP) is 0.873. The highest BCUT2D eigenvalue weighted by Gasteiger charge is 2.05. The van der Waals surface area contributed by atoms with Crippen LogP contribution in [0.25, 0.3) is 0 Å². The lowest BCUT2D eigenvalue weighted by atomic mass is 10.1. The van der Waals surface area contributed by atoms with Crippen molar-refractivity contribution in [2.45, 2.75) is 6.42 Å². The minimum absolute atomic E-state index is 0.0836. The highest BCUT2D eigenvalue weighted by molar-refractivity contribution is 5.75. The Balaban J connectivity index is 3.10. The quantitative estimate of drug-likeness (QED) is 0.604. The number of methoxy groups -OCH3 is 1. The Labute approximate surface area is 92.9 Å². The molecule has 82 valence electrons. The van der Waals surface area contributed by atoms with E-state index < -0.39 is 5.97 Å². The van der Waals surface area contributed by atoms with Crippen molar-refractivity contribution in [3.8, 4) is 17.6 Å². The van der Waals surface area contributed by atoms with E-state index in [4.69, 9.17) is 9.84 Å². The summed E-state index contributed by atoms with van der Waals surface area (Å²) in [5.41, 5.74) is 1.12. The number of ether oxygens (including phenoxy) is 1. The third-order valence-electron chi connectivity index (χ3n) is 1.89. The first-order valence-electron chi connectivity index (χ1n) is 4.51. The molecule has 1 aromatic carbocycles. The van der Waals surface area contributed by atoms with Crippen molar-refractivity contribution in [3.05, 3.63) is 29.3 Å². The van der Waals surface area contributed by atoms with Crippen LogP contribution in [-0.2, 0) is 16.0 Å². The van der Waals surface area contributed by atoms with Gasteiger partial charge in [0.15, 0.2) is 6.29 Å². The fourth-order valence-corrected chi connectivity index (χ4v) is 1.24. The van der Waals surface area contributed by atoms with Gasteiger partial charge in [0.2, 0.25) is 0 Å². The molecule has 16 heavy (non-hydrogen) atoms. The van der Waals surface area contributed by atoms with Crippen molar-refractivity contribution < 1.29 is 19.4 Å². The molecule has 0 aliphatic carbocycles. The van der Waals surface area contributed by atoms with Crippen LogP contribution in [0.5, 0.6) is 5.75 Å². The van der Waals surface area contributed by atoms with E-state index in [0.29, 0.717) is 23.2 Å². The smallest absolute Gasteiger partial charge is 0.307 e. The summed E-state index contributed by atoms with van der Waals surface area (Å²) in [6.45, 7) is 0. The zero-order chi connectivity index (χ0) is 12.0. The first-order chi connectivity index (χ1) is 7.67. The molecule has 0 radical (unpaired) electrons. The van der Waals surface area contributed by atoms with E-state index in [9.17, 15) is 9.59 Å². The van der Waals surface area contributed by atoms with Crippen molar-refractivity contribution in [2.75, 3.05) is 7.11 Å². The van der Waals surface area contributed by atoms with Crippen LogP contribution in [0.15, 0.2) is 18.2 Å². The van der Waals surface area contributed by atoms with Crippen LogP contribution in [0.1, 0.15) is 11.1 Å². The Hall–Kier alpha value is -2.28. The fourth-order valence-electron chi connectivity index (χ4n) is 1.24. The highest BCUT2D eigenvalue weighted by atomic mass is 16.5. The Morgan fingerprint density at radius 2 is 2.31 bits per heavy atom. The molecule has 0 heterocycles. The van der Waals surface area contributed by atoms with Crippen molar-refractivity contribution in [1.29, 1.82) is 0 Å². The van der Waals surface area contributed by atoms with Crippen LogP contribution in [0.2, 0.25) is 0 Å². The summed E-state index contributed by atoms with van der Waals surface area (Å²) >= 11 is 0. The summed E-state index contributed by atoms with van der Waals surface area (Å²) in [5.74, 6) is 4.45. The lowest BCUT2D eigenvalue weighted by Gasteiger charge is -2.04. The molecular formula is C12H10O4. The van der Waals surface area contributed by atoms with E-state index in [0.717, 1.165) is 0 Å². The van der Waals surface area contributed by atoms with Crippen molar-refractivity contribution in [1.82, 2.24) is 0 Å². The molecule has 0 unspecified atom stereocenters. The Morgan fingerprint density at radius 1 is 1.56 bits per heavy atom. The molecule has 0 spiro atoms. The number of benzene rings is 1. The molecular weight excluding hydrogens is 208 g/mol. The van der Waals surface area contributed by atoms with E-state index in [2.05, 4.69) is 11.8 Å². The zero-order valence-electron chi connectivity index (χ0n) is 8.69. The molecule has 0 saturated carbocycles. The summed E-state index contributed by atoms with van der Waals surface area (Å²) < 4.78 is 5.04. The number of rotatable bonds is 3. The second-order valence-corrected chi connectivity index (χ2v) is 2.99. The van der Waals surface area contributed by atoms with Crippen LogP contribution < -0.4 is 4.74 Å². The Morgan fingerprint density at radius 3 is 2.88 bits per heavy atom. The Kier molecular flexibility index (Phi) is 4.10. The molecule has 0 atom stereocenters. The molecule has 1 rings (SSSR count). The fraction of sp³-hybridized carbons (Fsp3) is 0.167. The van der Waals surface area contributed by atoms with Crippen LogP contribution >= 0.6 is 0 Å². The van der Waals surface area contributed by atoms with E-state index >= 15 is 0 Å². The number of aliphatic carboxylic acids is 1. The summed E-state index contributed by atoms with van der Waals surface area (Å²) in [7, 11) is 1.48. The third kappa shape index (κ3) is 3.14. The van der Waals surface area contributed by atoms with Gasteiger partial charge < -0.3 is 9.84 Å². The molecule has 1 aromatic rings. The predicted molar refractivity (Wildman–Crippen MR) is 57.3 cm³/mol. The largest absolute Gasteiger partial charge is 0.495 e. The summed E-state index contributed by atoms with van der Waals surface area (Å²) in [6, 6.07) is 4.88. The van der Waals surface area contributed by atoms with Gasteiger partial charge in [0, 0.05) is 0 Å². The van der Waals surface area contributed by atoms with Crippen LogP contribution in [-0.4, -0.2) is 24.5 Å². The van der Waals surface area contributed by atoms with E-state index in [1.165, 1.54) is 7.11 Å². The molecule has 4 heteroatoms. The highest BCUT2D eigenvalue weighted by Crippen LogP contribution is 2.19. The number of hydrogen-bond donors (Lipinski definition) is 1. The van der Waals surface area contributed by atoms with Gasteiger partial charge in [0.25, 0.3) is 0 Å².